The van der Waals surface area contributed by atoms with Crippen molar-refractivity contribution in [1.82, 2.24) is 14.0 Å². The number of anilines is 1. The fraction of sp³-hybridized carbons (Fsp3) is 0.375. The van der Waals surface area contributed by atoms with Crippen LogP contribution < -0.4 is 9.99 Å². The summed E-state index contributed by atoms with van der Waals surface area (Å²) in [5.41, 5.74) is 1.55. The van der Waals surface area contributed by atoms with Crippen LogP contribution in [-0.4, -0.2) is 53.8 Å². The monoisotopic (exact) mass is 484 g/mol. The Morgan fingerprint density at radius 3 is 2.15 bits per heavy atom. The first-order valence-electron chi connectivity index (χ1n) is 11.2. The average molecular weight is 485 g/mol. The predicted molar refractivity (Wildman–Crippen MR) is 130 cm³/mol. The largest absolute Gasteiger partial charge is 0.341 e. The Balaban J connectivity index is 1.78. The summed E-state index contributed by atoms with van der Waals surface area (Å²) in [5, 5.41) is 0. The zero-order valence-electron chi connectivity index (χ0n) is 19.5. The minimum absolute atomic E-state index is 0.0247. The Hall–Kier alpha value is -3.40. The molecule has 3 aromatic rings. The number of Topliss-reactive ketones (excluding diaryl/α,β-unsaturated/α-hetero) is 1. The van der Waals surface area contributed by atoms with Gasteiger partial charge in [0, 0.05) is 32.7 Å². The van der Waals surface area contributed by atoms with Crippen molar-refractivity contribution in [3.05, 3.63) is 58.5 Å². The first-order valence-corrected chi connectivity index (χ1v) is 12.6. The van der Waals surface area contributed by atoms with E-state index in [0.717, 1.165) is 23.6 Å². The minimum atomic E-state index is -4.16. The van der Waals surface area contributed by atoms with E-state index < -0.39 is 10.0 Å². The van der Waals surface area contributed by atoms with Crippen LogP contribution in [0.1, 0.15) is 36.5 Å². The first kappa shape index (κ1) is 23.7. The van der Waals surface area contributed by atoms with Gasteiger partial charge >= 0.3 is 5.69 Å². The smallest absolute Gasteiger partial charge is 0.328 e. The van der Waals surface area contributed by atoms with E-state index in [1.54, 1.807) is 37.2 Å². The lowest BCUT2D eigenvalue weighted by molar-refractivity contribution is -0.130. The second-order valence-electron chi connectivity index (χ2n) is 8.61. The van der Waals surface area contributed by atoms with Gasteiger partial charge in [-0.25, -0.2) is 13.2 Å². The molecule has 1 aromatic heterocycles. The fourth-order valence-corrected chi connectivity index (χ4v) is 5.75. The van der Waals surface area contributed by atoms with E-state index >= 15 is 0 Å². The summed E-state index contributed by atoms with van der Waals surface area (Å²) < 4.78 is 31.5. The number of aryl methyl sites for hydroxylation is 2. The molecule has 0 atom stereocenters. The number of hydrogen-bond donors (Lipinski definition) is 0. The Morgan fingerprint density at radius 2 is 1.53 bits per heavy atom. The molecule has 0 aliphatic carbocycles. The molecule has 0 N–H and O–H groups in total. The zero-order valence-corrected chi connectivity index (χ0v) is 20.3. The lowest BCUT2D eigenvalue weighted by Gasteiger charge is -2.30. The minimum Gasteiger partial charge on any atom is -0.341 e. The fourth-order valence-electron chi connectivity index (χ4n) is 4.32. The number of benzene rings is 2. The number of aromatic nitrogens is 2. The van der Waals surface area contributed by atoms with E-state index in [0.29, 0.717) is 29.7 Å². The number of ketones is 1. The van der Waals surface area contributed by atoms with Gasteiger partial charge in [-0.3, -0.25) is 23.0 Å². The summed E-state index contributed by atoms with van der Waals surface area (Å²) in [6.45, 7) is 2.29. The molecular weight excluding hydrogens is 456 g/mol. The van der Waals surface area contributed by atoms with Crippen molar-refractivity contribution in [2.45, 2.75) is 31.1 Å². The van der Waals surface area contributed by atoms with Crippen LogP contribution in [0.5, 0.6) is 0 Å². The van der Waals surface area contributed by atoms with Gasteiger partial charge in [-0.2, -0.15) is 0 Å². The number of rotatable bonds is 6. The van der Waals surface area contributed by atoms with Crippen LogP contribution >= 0.6 is 0 Å². The van der Waals surface area contributed by atoms with E-state index in [-0.39, 0.29) is 34.5 Å². The Bertz CT molecular complexity index is 1410. The summed E-state index contributed by atoms with van der Waals surface area (Å²) >= 11 is 0. The molecule has 1 amide bonds. The molecule has 0 unspecified atom stereocenters. The highest BCUT2D eigenvalue weighted by atomic mass is 32.2. The molecule has 34 heavy (non-hydrogen) atoms. The van der Waals surface area contributed by atoms with Gasteiger partial charge in [-0.15, -0.1) is 0 Å². The summed E-state index contributed by atoms with van der Waals surface area (Å²) in [5.74, 6) is -0.409. The number of carbonyl (C=O) groups excluding carboxylic acids is 2. The Labute approximate surface area is 198 Å². The van der Waals surface area contributed by atoms with Crippen molar-refractivity contribution in [2.24, 2.45) is 14.1 Å². The number of imidazole rings is 1. The van der Waals surface area contributed by atoms with Crippen LogP contribution in [0, 0.1) is 0 Å². The number of fused-ring (bicyclic) bond motifs is 1. The normalized spacial score (nSPS) is 14.4. The van der Waals surface area contributed by atoms with Crippen LogP contribution in [0.2, 0.25) is 0 Å². The Kier molecular flexibility index (Phi) is 6.35. The molecule has 10 heteroatoms. The van der Waals surface area contributed by atoms with Gasteiger partial charge in [0.1, 0.15) is 6.54 Å². The highest BCUT2D eigenvalue weighted by molar-refractivity contribution is 7.92. The summed E-state index contributed by atoms with van der Waals surface area (Å²) in [4.78, 5) is 38.7. The number of piperidine rings is 1. The average Bonchev–Trinajstić information content (AvgIpc) is 3.06. The van der Waals surface area contributed by atoms with E-state index in [1.165, 1.54) is 40.3 Å². The highest BCUT2D eigenvalue weighted by Gasteiger charge is 2.30. The van der Waals surface area contributed by atoms with Gasteiger partial charge < -0.3 is 4.90 Å². The number of carbonyl (C=O) groups is 2. The van der Waals surface area contributed by atoms with Crippen LogP contribution in [-0.2, 0) is 28.9 Å². The molecule has 1 fully saturated rings. The summed E-state index contributed by atoms with van der Waals surface area (Å²) in [6, 6.07) is 10.7. The van der Waals surface area contributed by atoms with Gasteiger partial charge in [-0.05, 0) is 68.7 Å². The lowest BCUT2D eigenvalue weighted by atomic mass is 10.1. The van der Waals surface area contributed by atoms with Crippen molar-refractivity contribution < 1.29 is 18.0 Å². The summed E-state index contributed by atoms with van der Waals surface area (Å²) in [7, 11) is -0.950. The maximum atomic E-state index is 13.8. The molecule has 0 spiro atoms. The standard InChI is InChI=1S/C24H28N4O5S/c1-17(29)18-7-9-19(10-8-18)28(16-23(30)27-13-5-4-6-14-27)34(32,33)20-11-12-21-22(15-20)26(3)24(31)25(21)2/h7-12,15H,4-6,13-14,16H2,1-3H3. The number of likely N-dealkylation sites (tertiary alicyclic amines) is 1. The topological polar surface area (TPSA) is 102 Å². The second kappa shape index (κ2) is 9.09. The molecule has 180 valence electrons. The molecule has 0 saturated carbocycles. The van der Waals surface area contributed by atoms with Gasteiger partial charge in [-0.1, -0.05) is 0 Å². The van der Waals surface area contributed by atoms with E-state index in [2.05, 4.69) is 0 Å². The maximum Gasteiger partial charge on any atom is 0.328 e. The van der Waals surface area contributed by atoms with Gasteiger partial charge in [0.05, 0.1) is 21.6 Å². The van der Waals surface area contributed by atoms with Crippen molar-refractivity contribution in [1.29, 1.82) is 0 Å². The number of sulfonamides is 1. The van der Waals surface area contributed by atoms with Crippen LogP contribution in [0.25, 0.3) is 11.0 Å². The molecule has 0 bridgehead atoms. The molecule has 1 aliphatic heterocycles. The van der Waals surface area contributed by atoms with Gasteiger partial charge in [0.15, 0.2) is 5.78 Å². The third kappa shape index (κ3) is 4.25. The van der Waals surface area contributed by atoms with Crippen LogP contribution in [0.15, 0.2) is 52.2 Å². The SMILES string of the molecule is CC(=O)c1ccc(N(CC(=O)N2CCCCC2)S(=O)(=O)c2ccc3c(c2)n(C)c(=O)n3C)cc1. The summed E-state index contributed by atoms with van der Waals surface area (Å²) in [6.07, 6.45) is 2.84. The molecule has 1 aliphatic rings. The van der Waals surface area contributed by atoms with E-state index in [1.807, 2.05) is 0 Å². The molecular formula is C24H28N4O5S. The third-order valence-corrected chi connectivity index (χ3v) is 8.15. The van der Waals surface area contributed by atoms with Crippen molar-refractivity contribution in [2.75, 3.05) is 23.9 Å². The zero-order chi connectivity index (χ0) is 24.6. The molecule has 9 nitrogen and oxygen atoms in total. The van der Waals surface area contributed by atoms with Crippen molar-refractivity contribution in [3.63, 3.8) is 0 Å². The Morgan fingerprint density at radius 1 is 0.912 bits per heavy atom. The molecule has 0 radical (unpaired) electrons. The van der Waals surface area contributed by atoms with E-state index in [4.69, 9.17) is 0 Å². The van der Waals surface area contributed by atoms with Crippen molar-refractivity contribution >= 4 is 38.4 Å². The molecule has 4 rings (SSSR count). The maximum absolute atomic E-state index is 13.8. The van der Waals surface area contributed by atoms with Crippen molar-refractivity contribution in [3.8, 4) is 0 Å². The highest BCUT2D eigenvalue weighted by Crippen LogP contribution is 2.27. The van der Waals surface area contributed by atoms with Crippen LogP contribution in [0.3, 0.4) is 0 Å². The van der Waals surface area contributed by atoms with Crippen LogP contribution in [0.4, 0.5) is 5.69 Å². The van der Waals surface area contributed by atoms with Gasteiger partial charge in [0.25, 0.3) is 10.0 Å². The second-order valence-corrected chi connectivity index (χ2v) is 10.5. The molecule has 1 saturated heterocycles. The number of amides is 1. The van der Waals surface area contributed by atoms with Gasteiger partial charge in [0.2, 0.25) is 5.91 Å². The lowest BCUT2D eigenvalue weighted by Crippen LogP contribution is -2.44. The molecule has 2 heterocycles. The number of nitrogens with zero attached hydrogens (tertiary/aromatic N) is 4. The first-order chi connectivity index (χ1) is 16.1. The predicted octanol–water partition coefficient (Wildman–Crippen LogP) is 2.29. The quantitative estimate of drug-likeness (QED) is 0.500. The molecule has 2 aromatic carbocycles. The van der Waals surface area contributed by atoms with E-state index in [9.17, 15) is 22.8 Å². The third-order valence-electron chi connectivity index (χ3n) is 6.38. The number of hydrogen-bond acceptors (Lipinski definition) is 5.